The van der Waals surface area contributed by atoms with Gasteiger partial charge >= 0.3 is 0 Å². The number of aromatic nitrogens is 3. The number of hydrogen-bond donors (Lipinski definition) is 3. The Morgan fingerprint density at radius 2 is 1.56 bits per heavy atom. The monoisotopic (exact) mass is 557 g/mol. The van der Waals surface area contributed by atoms with Gasteiger partial charge in [0.1, 0.15) is 5.52 Å². The van der Waals surface area contributed by atoms with Crippen LogP contribution in [0.4, 0.5) is 11.4 Å². The predicted molar refractivity (Wildman–Crippen MR) is 174 cm³/mol. The van der Waals surface area contributed by atoms with Crippen LogP contribution in [0.5, 0.6) is 0 Å². The van der Waals surface area contributed by atoms with Gasteiger partial charge in [-0.2, -0.15) is 0 Å². The molecular weight excluding hydrogens is 522 g/mol. The van der Waals surface area contributed by atoms with E-state index in [4.69, 9.17) is 0 Å². The molecule has 2 aliphatic carbocycles. The largest absolute Gasteiger partial charge is 0.388 e. The third-order valence-corrected chi connectivity index (χ3v) is 8.89. The molecular formula is C35H35N5S. The number of rotatable bonds is 2. The highest BCUT2D eigenvalue weighted by atomic mass is 32.2. The van der Waals surface area contributed by atoms with Crippen molar-refractivity contribution in [3.05, 3.63) is 127 Å². The number of nitrogens with one attached hydrogen (secondary N) is 3. The number of benzene rings is 3. The van der Waals surface area contributed by atoms with Crippen LogP contribution in [-0.2, 0) is 12.8 Å². The van der Waals surface area contributed by atoms with E-state index >= 15 is 0 Å². The molecule has 1 aliphatic heterocycles. The molecule has 0 fully saturated rings. The van der Waals surface area contributed by atoms with Crippen LogP contribution in [0.1, 0.15) is 24.1 Å². The van der Waals surface area contributed by atoms with E-state index in [1.807, 2.05) is 30.9 Å². The quantitative estimate of drug-likeness (QED) is 0.204. The third kappa shape index (κ3) is 6.23. The minimum absolute atomic E-state index is 0.458. The Morgan fingerprint density at radius 1 is 0.805 bits per heavy atom. The number of allylic oxidation sites excluding steroid dienone is 2. The molecule has 2 atom stereocenters. The van der Waals surface area contributed by atoms with Gasteiger partial charge < -0.3 is 15.6 Å². The fraction of sp³-hybridized carbons (Fsp3) is 0.200. The highest BCUT2D eigenvalue weighted by Gasteiger charge is 2.25. The summed E-state index contributed by atoms with van der Waals surface area (Å²) in [6, 6.07) is 27.7. The number of fused-ring (bicyclic) bond motifs is 5. The van der Waals surface area contributed by atoms with Gasteiger partial charge in [-0.25, -0.2) is 4.98 Å². The average molecular weight is 558 g/mol. The van der Waals surface area contributed by atoms with Gasteiger partial charge in [0.15, 0.2) is 5.65 Å². The Kier molecular flexibility index (Phi) is 8.48. The van der Waals surface area contributed by atoms with Gasteiger partial charge in [-0.15, -0.1) is 11.8 Å². The lowest BCUT2D eigenvalue weighted by Crippen LogP contribution is -2.32. The van der Waals surface area contributed by atoms with Crippen molar-refractivity contribution in [2.45, 2.75) is 41.9 Å². The molecule has 8 rings (SSSR count). The number of para-hydroxylation sites is 2. The normalized spacial score (nSPS) is 17.9. The van der Waals surface area contributed by atoms with Crippen LogP contribution >= 0.6 is 11.8 Å². The predicted octanol–water partition coefficient (Wildman–Crippen LogP) is 8.30. The summed E-state index contributed by atoms with van der Waals surface area (Å²) in [6.07, 6.45) is 17.1. The van der Waals surface area contributed by atoms with E-state index in [1.165, 1.54) is 51.5 Å². The topological polar surface area (TPSA) is 65.6 Å². The van der Waals surface area contributed by atoms with Crippen LogP contribution in [0.25, 0.3) is 22.3 Å². The molecule has 3 N–H and O–H groups in total. The standard InChI is InChI=1S/C13H13N.C12H11NS.C10H11N3/c1-14-13-10-6-5-9-12(13)11-7-3-2-4-8-11;1-3-7-11-9(5-1)13-10-6-2-4-8-12(10)14-11;1-2-4-8-7(3-1)9-10(13-8)12-6-5-11-9/h2-10,14H,1H3;1-9,11,13H;5-6H,1-4H2,(H,12,13). The van der Waals surface area contributed by atoms with Crippen molar-refractivity contribution in [2.24, 2.45) is 0 Å². The van der Waals surface area contributed by atoms with Crippen molar-refractivity contribution in [1.82, 2.24) is 15.0 Å². The number of aryl methyl sites for hydroxylation is 2. The molecule has 0 spiro atoms. The number of H-pyrrole nitrogens is 1. The minimum atomic E-state index is 0.458. The molecule has 3 aromatic carbocycles. The van der Waals surface area contributed by atoms with Crippen molar-refractivity contribution in [1.29, 1.82) is 0 Å². The van der Waals surface area contributed by atoms with Crippen molar-refractivity contribution in [2.75, 3.05) is 17.7 Å². The Balaban J connectivity index is 0.000000111. The first-order valence-electron chi connectivity index (χ1n) is 14.3. The van der Waals surface area contributed by atoms with Crippen molar-refractivity contribution in [3.8, 4) is 11.1 Å². The van der Waals surface area contributed by atoms with Gasteiger partial charge in [-0.05, 0) is 49.4 Å². The molecule has 0 bridgehead atoms. The van der Waals surface area contributed by atoms with Crippen LogP contribution in [0.3, 0.4) is 0 Å². The minimum Gasteiger partial charge on any atom is -0.388 e. The zero-order valence-corrected chi connectivity index (χ0v) is 24.1. The number of aromatic amines is 1. The summed E-state index contributed by atoms with van der Waals surface area (Å²) in [5.74, 6) is 0. The molecule has 0 radical (unpaired) electrons. The van der Waals surface area contributed by atoms with E-state index in [1.54, 1.807) is 12.4 Å². The van der Waals surface area contributed by atoms with Gasteiger partial charge in [0.25, 0.3) is 0 Å². The number of nitrogens with zero attached hydrogens (tertiary/aromatic N) is 2. The molecule has 3 aliphatic rings. The zero-order chi connectivity index (χ0) is 27.9. The molecule has 0 amide bonds. The summed E-state index contributed by atoms with van der Waals surface area (Å²) in [5.41, 5.74) is 9.71. The Bertz CT molecular complexity index is 1620. The molecule has 2 unspecified atom stereocenters. The van der Waals surface area contributed by atoms with E-state index in [9.17, 15) is 0 Å². The van der Waals surface area contributed by atoms with Gasteiger partial charge in [0.2, 0.25) is 0 Å². The molecule has 0 saturated heterocycles. The van der Waals surface area contributed by atoms with Crippen LogP contribution in [0, 0.1) is 0 Å². The second kappa shape index (κ2) is 12.9. The lowest BCUT2D eigenvalue weighted by atomic mass is 9.98. The molecule has 206 valence electrons. The Morgan fingerprint density at radius 3 is 2.46 bits per heavy atom. The molecule has 5 nitrogen and oxygen atoms in total. The summed E-state index contributed by atoms with van der Waals surface area (Å²) in [6.45, 7) is 0. The summed E-state index contributed by atoms with van der Waals surface area (Å²) < 4.78 is 0. The first-order chi connectivity index (χ1) is 20.3. The molecule has 2 aromatic heterocycles. The maximum absolute atomic E-state index is 4.36. The summed E-state index contributed by atoms with van der Waals surface area (Å²) in [7, 11) is 1.95. The average Bonchev–Trinajstić information content (AvgIpc) is 3.43. The van der Waals surface area contributed by atoms with E-state index in [0.29, 0.717) is 11.3 Å². The molecule has 41 heavy (non-hydrogen) atoms. The van der Waals surface area contributed by atoms with E-state index in [0.717, 1.165) is 24.0 Å². The Hall–Kier alpha value is -4.29. The molecule has 3 heterocycles. The SMILES string of the molecule is C1=CC2Nc3ccccc3SC2C=C1.CNc1ccccc1-c1ccccc1.c1cnc2c3c([nH]c2n1)CCCC3. The fourth-order valence-corrected chi connectivity index (χ4v) is 6.69. The van der Waals surface area contributed by atoms with Crippen molar-refractivity contribution < 1.29 is 0 Å². The van der Waals surface area contributed by atoms with E-state index in [2.05, 4.69) is 117 Å². The van der Waals surface area contributed by atoms with Gasteiger partial charge in [0.05, 0.1) is 11.3 Å². The van der Waals surface area contributed by atoms with Crippen molar-refractivity contribution >= 4 is 34.3 Å². The smallest absolute Gasteiger partial charge is 0.156 e. The first kappa shape index (κ1) is 26.9. The molecule has 6 heteroatoms. The highest BCUT2D eigenvalue weighted by molar-refractivity contribution is 8.00. The summed E-state index contributed by atoms with van der Waals surface area (Å²) >= 11 is 1.94. The Labute approximate surface area is 246 Å². The lowest BCUT2D eigenvalue weighted by Gasteiger charge is -2.31. The highest BCUT2D eigenvalue weighted by Crippen LogP contribution is 2.39. The maximum atomic E-state index is 4.36. The first-order valence-corrected chi connectivity index (χ1v) is 15.2. The summed E-state index contributed by atoms with van der Waals surface area (Å²) in [4.78, 5) is 13.3. The number of thioether (sulfide) groups is 1. The van der Waals surface area contributed by atoms with Crippen molar-refractivity contribution in [3.63, 3.8) is 0 Å². The van der Waals surface area contributed by atoms with Gasteiger partial charge in [-0.1, -0.05) is 85.0 Å². The van der Waals surface area contributed by atoms with Crippen LogP contribution < -0.4 is 10.6 Å². The van der Waals surface area contributed by atoms with Gasteiger partial charge in [-0.3, -0.25) is 4.98 Å². The number of hydrogen-bond acceptors (Lipinski definition) is 5. The van der Waals surface area contributed by atoms with Crippen LogP contribution in [-0.4, -0.2) is 33.3 Å². The zero-order valence-electron chi connectivity index (χ0n) is 23.3. The second-order valence-electron chi connectivity index (χ2n) is 10.2. The summed E-state index contributed by atoms with van der Waals surface area (Å²) in [5, 5.41) is 7.28. The van der Waals surface area contributed by atoms with Crippen LogP contribution in [0.2, 0.25) is 0 Å². The lowest BCUT2D eigenvalue weighted by molar-refractivity contribution is 0.679. The maximum Gasteiger partial charge on any atom is 0.156 e. The third-order valence-electron chi connectivity index (χ3n) is 7.56. The van der Waals surface area contributed by atoms with E-state index < -0.39 is 0 Å². The van der Waals surface area contributed by atoms with Gasteiger partial charge in [0, 0.05) is 52.5 Å². The number of anilines is 2. The molecule has 0 saturated carbocycles. The van der Waals surface area contributed by atoms with E-state index in [-0.39, 0.29) is 0 Å². The van der Waals surface area contributed by atoms with Crippen LogP contribution in [0.15, 0.2) is 120 Å². The fourth-order valence-electron chi connectivity index (χ4n) is 5.51. The molecule has 5 aromatic rings. The second-order valence-corrected chi connectivity index (χ2v) is 11.4.